The molecule has 0 bridgehead atoms. The molecule has 0 aliphatic carbocycles. The summed E-state index contributed by atoms with van der Waals surface area (Å²) in [5, 5.41) is 21.2. The minimum atomic E-state index is -0.928. The molecule has 0 radical (unpaired) electrons. The van der Waals surface area contributed by atoms with Crippen LogP contribution in [0.3, 0.4) is 0 Å². The Hall–Kier alpha value is -2.04. The second-order valence-corrected chi connectivity index (χ2v) is 4.85. The Morgan fingerprint density at radius 3 is 2.47 bits per heavy atom. The number of hydrogen-bond acceptors (Lipinski definition) is 3. The predicted molar refractivity (Wildman–Crippen MR) is 71.1 cm³/mol. The summed E-state index contributed by atoms with van der Waals surface area (Å²) in [7, 11) is 0. The molecule has 0 heterocycles. The minimum absolute atomic E-state index is 0.0475. The Bertz CT molecular complexity index is 482. The van der Waals surface area contributed by atoms with Gasteiger partial charge in [-0.3, -0.25) is 9.59 Å². The summed E-state index contributed by atoms with van der Waals surface area (Å²) in [5.74, 6) is -1.95. The van der Waals surface area contributed by atoms with Gasteiger partial charge in [0.05, 0.1) is 5.92 Å². The Kier molecular flexibility index (Phi) is 4.92. The van der Waals surface area contributed by atoms with E-state index in [2.05, 4.69) is 5.32 Å². The number of carboxylic acids is 1. The first-order valence-electron chi connectivity index (χ1n) is 6.14. The maximum atomic E-state index is 12.0. The highest BCUT2D eigenvalue weighted by Crippen LogP contribution is 2.19. The molecule has 0 saturated heterocycles. The van der Waals surface area contributed by atoms with Crippen LogP contribution < -0.4 is 5.32 Å². The van der Waals surface area contributed by atoms with Crippen molar-refractivity contribution in [1.82, 2.24) is 5.32 Å². The summed E-state index contributed by atoms with van der Waals surface area (Å²) in [5.41, 5.74) is 0.837. The second kappa shape index (κ2) is 6.22. The van der Waals surface area contributed by atoms with E-state index in [1.807, 2.05) is 0 Å². The zero-order valence-electron chi connectivity index (χ0n) is 11.3. The molecule has 1 aromatic rings. The molecule has 1 amide bonds. The fourth-order valence-corrected chi connectivity index (χ4v) is 1.78. The first-order chi connectivity index (χ1) is 8.84. The highest BCUT2D eigenvalue weighted by Gasteiger charge is 2.22. The van der Waals surface area contributed by atoms with Gasteiger partial charge in [0.15, 0.2) is 0 Å². The van der Waals surface area contributed by atoms with Crippen molar-refractivity contribution >= 4 is 11.9 Å². The number of phenols is 1. The zero-order valence-corrected chi connectivity index (χ0v) is 11.3. The van der Waals surface area contributed by atoms with Crippen LogP contribution in [0.1, 0.15) is 29.8 Å². The minimum Gasteiger partial charge on any atom is -0.508 e. The molecule has 0 saturated carbocycles. The number of benzene rings is 1. The summed E-state index contributed by atoms with van der Waals surface area (Å²) in [6.45, 7) is 5.30. The number of carbonyl (C=O) groups is 2. The van der Waals surface area contributed by atoms with E-state index >= 15 is 0 Å². The van der Waals surface area contributed by atoms with Crippen LogP contribution >= 0.6 is 0 Å². The molecule has 0 fully saturated rings. The lowest BCUT2D eigenvalue weighted by Gasteiger charge is -2.17. The van der Waals surface area contributed by atoms with Crippen LogP contribution in [0, 0.1) is 18.8 Å². The molecule has 3 N–H and O–H groups in total. The van der Waals surface area contributed by atoms with Gasteiger partial charge in [0.25, 0.3) is 5.91 Å². The van der Waals surface area contributed by atoms with Crippen molar-refractivity contribution in [1.29, 1.82) is 0 Å². The zero-order chi connectivity index (χ0) is 14.6. The molecule has 5 heteroatoms. The maximum absolute atomic E-state index is 12.0. The molecule has 19 heavy (non-hydrogen) atoms. The van der Waals surface area contributed by atoms with E-state index in [1.165, 1.54) is 6.07 Å². The van der Waals surface area contributed by atoms with Crippen LogP contribution in [0.4, 0.5) is 0 Å². The third kappa shape index (κ3) is 3.71. The van der Waals surface area contributed by atoms with Gasteiger partial charge in [-0.25, -0.2) is 0 Å². The van der Waals surface area contributed by atoms with Crippen LogP contribution in [-0.2, 0) is 4.79 Å². The van der Waals surface area contributed by atoms with Crippen LogP contribution in [0.15, 0.2) is 18.2 Å². The number of aromatic hydroxyl groups is 1. The Morgan fingerprint density at radius 2 is 1.95 bits per heavy atom. The lowest BCUT2D eigenvalue weighted by atomic mass is 9.96. The van der Waals surface area contributed by atoms with E-state index in [9.17, 15) is 14.7 Å². The Morgan fingerprint density at radius 1 is 1.32 bits per heavy atom. The highest BCUT2D eigenvalue weighted by molar-refractivity contribution is 5.96. The van der Waals surface area contributed by atoms with Crippen molar-refractivity contribution < 1.29 is 19.8 Å². The molecule has 0 aromatic heterocycles. The van der Waals surface area contributed by atoms with Crippen LogP contribution in [0.2, 0.25) is 0 Å². The van der Waals surface area contributed by atoms with Gasteiger partial charge in [-0.05, 0) is 25.0 Å². The fourth-order valence-electron chi connectivity index (χ4n) is 1.78. The fraction of sp³-hybridized carbons (Fsp3) is 0.429. The summed E-state index contributed by atoms with van der Waals surface area (Å²) < 4.78 is 0. The van der Waals surface area contributed by atoms with Gasteiger partial charge in [-0.1, -0.05) is 19.9 Å². The molecule has 1 aromatic carbocycles. The first kappa shape index (κ1) is 15.0. The maximum Gasteiger partial charge on any atom is 0.308 e. The molecule has 5 nitrogen and oxygen atoms in total. The standard InChI is InChI=1S/C14H19NO4/c1-8(2)11(14(18)19)7-15-13(17)10-5-4-6-12(16)9(10)3/h4-6,8,11,16H,7H2,1-3H3,(H,15,17)(H,18,19). The second-order valence-electron chi connectivity index (χ2n) is 4.85. The normalized spacial score (nSPS) is 12.2. The lowest BCUT2D eigenvalue weighted by Crippen LogP contribution is -2.35. The molecule has 104 valence electrons. The number of phenolic OH excluding ortho intramolecular Hbond substituents is 1. The first-order valence-corrected chi connectivity index (χ1v) is 6.14. The van der Waals surface area contributed by atoms with E-state index in [0.29, 0.717) is 11.1 Å². The highest BCUT2D eigenvalue weighted by atomic mass is 16.4. The number of amides is 1. The van der Waals surface area contributed by atoms with Gasteiger partial charge < -0.3 is 15.5 Å². The average Bonchev–Trinajstić information content (AvgIpc) is 2.31. The van der Waals surface area contributed by atoms with E-state index < -0.39 is 11.9 Å². The van der Waals surface area contributed by atoms with Gasteiger partial charge in [0.1, 0.15) is 5.75 Å². The predicted octanol–water partition coefficient (Wildman–Crippen LogP) is 1.79. The lowest BCUT2D eigenvalue weighted by molar-refractivity contribution is -0.142. The third-order valence-electron chi connectivity index (χ3n) is 3.15. The van der Waals surface area contributed by atoms with Gasteiger partial charge in [-0.15, -0.1) is 0 Å². The SMILES string of the molecule is Cc1c(O)cccc1C(=O)NCC(C(=O)O)C(C)C. The van der Waals surface area contributed by atoms with Crippen molar-refractivity contribution in [2.45, 2.75) is 20.8 Å². The number of nitrogens with one attached hydrogen (secondary N) is 1. The number of carboxylic acid groups (broad SMARTS) is 1. The smallest absolute Gasteiger partial charge is 0.308 e. The Balaban J connectivity index is 2.75. The van der Waals surface area contributed by atoms with Crippen molar-refractivity contribution in [2.75, 3.05) is 6.54 Å². The summed E-state index contributed by atoms with van der Waals surface area (Å²) >= 11 is 0. The van der Waals surface area contributed by atoms with Crippen molar-refractivity contribution in [2.24, 2.45) is 11.8 Å². The number of rotatable bonds is 5. The third-order valence-corrected chi connectivity index (χ3v) is 3.15. The Labute approximate surface area is 112 Å². The van der Waals surface area contributed by atoms with Gasteiger partial charge in [0.2, 0.25) is 0 Å². The molecular weight excluding hydrogens is 246 g/mol. The number of aliphatic carboxylic acids is 1. The molecule has 1 rings (SSSR count). The van der Waals surface area contributed by atoms with Gasteiger partial charge in [0, 0.05) is 17.7 Å². The van der Waals surface area contributed by atoms with E-state index in [-0.39, 0.29) is 24.1 Å². The van der Waals surface area contributed by atoms with Crippen molar-refractivity contribution in [3.05, 3.63) is 29.3 Å². The number of hydrogen-bond donors (Lipinski definition) is 3. The molecule has 1 unspecified atom stereocenters. The number of carbonyl (C=O) groups excluding carboxylic acids is 1. The topological polar surface area (TPSA) is 86.6 Å². The van der Waals surface area contributed by atoms with Gasteiger partial charge >= 0.3 is 5.97 Å². The summed E-state index contributed by atoms with van der Waals surface area (Å²) in [4.78, 5) is 23.0. The largest absolute Gasteiger partial charge is 0.508 e. The molecular formula is C14H19NO4. The molecule has 0 aliphatic heterocycles. The molecule has 0 aliphatic rings. The van der Waals surface area contributed by atoms with Crippen molar-refractivity contribution in [3.8, 4) is 5.75 Å². The summed E-state index contributed by atoms with van der Waals surface area (Å²) in [6, 6.07) is 4.67. The van der Waals surface area contributed by atoms with Crippen LogP contribution in [0.5, 0.6) is 5.75 Å². The summed E-state index contributed by atoms with van der Waals surface area (Å²) in [6.07, 6.45) is 0. The van der Waals surface area contributed by atoms with Crippen LogP contribution in [0.25, 0.3) is 0 Å². The van der Waals surface area contributed by atoms with Crippen LogP contribution in [-0.4, -0.2) is 28.6 Å². The molecule has 1 atom stereocenters. The van der Waals surface area contributed by atoms with Crippen molar-refractivity contribution in [3.63, 3.8) is 0 Å². The molecule has 0 spiro atoms. The monoisotopic (exact) mass is 265 g/mol. The van der Waals surface area contributed by atoms with Gasteiger partial charge in [-0.2, -0.15) is 0 Å². The van der Waals surface area contributed by atoms with E-state index in [1.54, 1.807) is 32.9 Å². The average molecular weight is 265 g/mol. The van der Waals surface area contributed by atoms with E-state index in [4.69, 9.17) is 5.11 Å². The van der Waals surface area contributed by atoms with E-state index in [0.717, 1.165) is 0 Å². The quantitative estimate of drug-likeness (QED) is 0.757.